The molecule has 2 heterocycles. The van der Waals surface area contributed by atoms with Crippen LogP contribution in [0.5, 0.6) is 0 Å². The summed E-state index contributed by atoms with van der Waals surface area (Å²) in [7, 11) is 0. The molecule has 2 aromatic rings. The predicted molar refractivity (Wildman–Crippen MR) is 101 cm³/mol. The van der Waals surface area contributed by atoms with E-state index in [9.17, 15) is 14.4 Å². The number of benzene rings is 1. The largest absolute Gasteiger partial charge is 0.464 e. The van der Waals surface area contributed by atoms with Crippen LogP contribution in [-0.4, -0.2) is 28.4 Å². The lowest BCUT2D eigenvalue weighted by Gasteiger charge is -2.30. The number of amides is 4. The Morgan fingerprint density at radius 3 is 2.64 bits per heavy atom. The number of hydrazine groups is 1. The lowest BCUT2D eigenvalue weighted by molar-refractivity contribution is -0.139. The van der Waals surface area contributed by atoms with E-state index in [-0.39, 0.29) is 12.3 Å². The van der Waals surface area contributed by atoms with Gasteiger partial charge in [0.1, 0.15) is 11.1 Å². The van der Waals surface area contributed by atoms with Crippen molar-refractivity contribution in [2.45, 2.75) is 63.3 Å². The van der Waals surface area contributed by atoms with Gasteiger partial charge in [-0.25, -0.2) is 4.79 Å². The van der Waals surface area contributed by atoms with E-state index >= 15 is 0 Å². The van der Waals surface area contributed by atoms with E-state index in [0.29, 0.717) is 12.8 Å². The molecule has 5 rings (SSSR count). The summed E-state index contributed by atoms with van der Waals surface area (Å²) in [5.74, 6) is -0.750. The highest BCUT2D eigenvalue weighted by Gasteiger charge is 2.52. The quantitative estimate of drug-likeness (QED) is 0.800. The first-order valence-corrected chi connectivity index (χ1v) is 10.0. The van der Waals surface area contributed by atoms with Crippen LogP contribution in [0.1, 0.15) is 55.2 Å². The molecule has 1 aromatic carbocycles. The van der Waals surface area contributed by atoms with E-state index in [1.165, 1.54) is 11.1 Å². The third-order valence-electron chi connectivity index (χ3n) is 6.32. The van der Waals surface area contributed by atoms with Crippen molar-refractivity contribution in [1.82, 2.24) is 15.8 Å². The van der Waals surface area contributed by atoms with E-state index in [4.69, 9.17) is 4.42 Å². The molecule has 3 aliphatic rings. The number of hydrogen-bond acceptors (Lipinski definition) is 4. The second kappa shape index (κ2) is 6.36. The molecule has 0 atom stereocenters. The SMILES string of the molecule is O=C(Cc1coc2cc3c(cc12)CCC3)NN1C(=O)NC2(CCCCC2)C1=O. The summed E-state index contributed by atoms with van der Waals surface area (Å²) in [5.41, 5.74) is 5.82. The number of aryl methyl sites for hydroxylation is 2. The fourth-order valence-electron chi connectivity index (χ4n) is 4.84. The number of fused-ring (bicyclic) bond motifs is 2. The molecule has 2 aliphatic carbocycles. The highest BCUT2D eigenvalue weighted by molar-refractivity contribution is 6.08. The van der Waals surface area contributed by atoms with Crippen molar-refractivity contribution in [1.29, 1.82) is 0 Å². The van der Waals surface area contributed by atoms with Crippen molar-refractivity contribution < 1.29 is 18.8 Å². The molecule has 7 nitrogen and oxygen atoms in total. The van der Waals surface area contributed by atoms with Crippen molar-refractivity contribution in [2.24, 2.45) is 0 Å². The van der Waals surface area contributed by atoms with Gasteiger partial charge in [0, 0.05) is 10.9 Å². The van der Waals surface area contributed by atoms with Crippen molar-refractivity contribution >= 4 is 28.8 Å². The fourth-order valence-corrected chi connectivity index (χ4v) is 4.84. The zero-order valence-corrected chi connectivity index (χ0v) is 15.7. The Bertz CT molecular complexity index is 987. The molecule has 1 aromatic heterocycles. The molecule has 2 N–H and O–H groups in total. The summed E-state index contributed by atoms with van der Waals surface area (Å²) >= 11 is 0. The first-order valence-electron chi connectivity index (χ1n) is 10.0. The lowest BCUT2D eigenvalue weighted by Crippen LogP contribution is -2.51. The van der Waals surface area contributed by atoms with E-state index in [0.717, 1.165) is 60.1 Å². The van der Waals surface area contributed by atoms with Gasteiger partial charge in [-0.15, -0.1) is 0 Å². The van der Waals surface area contributed by atoms with Crippen LogP contribution in [0.4, 0.5) is 4.79 Å². The third-order valence-corrected chi connectivity index (χ3v) is 6.32. The Hall–Kier alpha value is -2.83. The number of hydrogen-bond donors (Lipinski definition) is 2. The number of imide groups is 1. The van der Waals surface area contributed by atoms with Gasteiger partial charge < -0.3 is 9.73 Å². The molecule has 28 heavy (non-hydrogen) atoms. The van der Waals surface area contributed by atoms with Gasteiger partial charge in [0.15, 0.2) is 0 Å². The molecule has 0 radical (unpaired) electrons. The molecule has 1 spiro atoms. The number of rotatable bonds is 3. The number of urea groups is 1. The van der Waals surface area contributed by atoms with Crippen LogP contribution in [0.3, 0.4) is 0 Å². The topological polar surface area (TPSA) is 91.7 Å². The van der Waals surface area contributed by atoms with Crippen LogP contribution >= 0.6 is 0 Å². The second-order valence-electron chi connectivity index (χ2n) is 8.16. The highest BCUT2D eigenvalue weighted by atomic mass is 16.3. The van der Waals surface area contributed by atoms with Gasteiger partial charge in [0.05, 0.1) is 12.7 Å². The van der Waals surface area contributed by atoms with Gasteiger partial charge in [-0.3, -0.25) is 15.0 Å². The first-order chi connectivity index (χ1) is 13.6. The van der Waals surface area contributed by atoms with Crippen LogP contribution in [0.2, 0.25) is 0 Å². The Morgan fingerprint density at radius 2 is 1.86 bits per heavy atom. The Morgan fingerprint density at radius 1 is 1.11 bits per heavy atom. The van der Waals surface area contributed by atoms with E-state index in [1.54, 1.807) is 6.26 Å². The smallest absolute Gasteiger partial charge is 0.344 e. The van der Waals surface area contributed by atoms with E-state index in [1.807, 2.05) is 0 Å². The molecule has 146 valence electrons. The average Bonchev–Trinajstić information content (AvgIpc) is 3.35. The van der Waals surface area contributed by atoms with Crippen LogP contribution in [-0.2, 0) is 28.9 Å². The maximum atomic E-state index is 12.8. The predicted octanol–water partition coefficient (Wildman–Crippen LogP) is 2.75. The standard InChI is InChI=1S/C21H23N3O4/c25-18(23-24-19(26)21(22-20(24)27)7-2-1-3-8-21)11-15-12-28-17-10-14-6-4-5-13(14)9-16(15)17/h9-10,12H,1-8,11H2,(H,22,27)(H,23,25). The fraction of sp³-hybridized carbons (Fsp3) is 0.476. The molecule has 0 bridgehead atoms. The molecule has 1 saturated heterocycles. The molecule has 2 fully saturated rings. The molecule has 0 unspecified atom stereocenters. The normalized spacial score (nSPS) is 20.6. The zero-order valence-electron chi connectivity index (χ0n) is 15.7. The monoisotopic (exact) mass is 381 g/mol. The summed E-state index contributed by atoms with van der Waals surface area (Å²) in [5, 5.41) is 4.58. The van der Waals surface area contributed by atoms with Crippen LogP contribution in [0.25, 0.3) is 11.0 Å². The van der Waals surface area contributed by atoms with Gasteiger partial charge in [-0.05, 0) is 55.4 Å². The molecule has 1 aliphatic heterocycles. The van der Waals surface area contributed by atoms with E-state index < -0.39 is 17.5 Å². The molecule has 7 heteroatoms. The number of nitrogens with one attached hydrogen (secondary N) is 2. The highest BCUT2D eigenvalue weighted by Crippen LogP contribution is 2.33. The average molecular weight is 381 g/mol. The molecule has 1 saturated carbocycles. The number of carbonyl (C=O) groups is 3. The number of furan rings is 1. The van der Waals surface area contributed by atoms with Gasteiger partial charge in [-0.2, -0.15) is 5.01 Å². The second-order valence-corrected chi connectivity index (χ2v) is 8.16. The van der Waals surface area contributed by atoms with Gasteiger partial charge in [0.25, 0.3) is 5.91 Å². The Balaban J connectivity index is 1.32. The number of carbonyl (C=O) groups excluding carboxylic acids is 3. The minimum absolute atomic E-state index is 0.0514. The van der Waals surface area contributed by atoms with Crippen molar-refractivity contribution in [3.05, 3.63) is 35.1 Å². The van der Waals surface area contributed by atoms with Crippen molar-refractivity contribution in [3.63, 3.8) is 0 Å². The van der Waals surface area contributed by atoms with Gasteiger partial charge >= 0.3 is 6.03 Å². The summed E-state index contributed by atoms with van der Waals surface area (Å²) in [6.45, 7) is 0. The minimum Gasteiger partial charge on any atom is -0.464 e. The maximum absolute atomic E-state index is 12.8. The molecule has 4 amide bonds. The van der Waals surface area contributed by atoms with E-state index in [2.05, 4.69) is 22.9 Å². The van der Waals surface area contributed by atoms with Gasteiger partial charge in [0.2, 0.25) is 5.91 Å². The summed E-state index contributed by atoms with van der Waals surface area (Å²) < 4.78 is 5.64. The molecular formula is C21H23N3O4. The van der Waals surface area contributed by atoms with Gasteiger partial charge in [-0.1, -0.05) is 19.3 Å². The summed E-state index contributed by atoms with van der Waals surface area (Å²) in [4.78, 5) is 37.7. The molecular weight excluding hydrogens is 358 g/mol. The summed E-state index contributed by atoms with van der Waals surface area (Å²) in [6.07, 6.45) is 9.02. The first kappa shape index (κ1) is 17.3. The maximum Gasteiger partial charge on any atom is 0.344 e. The Labute approximate surface area is 162 Å². The third kappa shape index (κ3) is 2.68. The summed E-state index contributed by atoms with van der Waals surface area (Å²) in [6, 6.07) is 3.62. The van der Waals surface area contributed by atoms with Crippen molar-refractivity contribution in [3.8, 4) is 0 Å². The number of nitrogens with zero attached hydrogens (tertiary/aromatic N) is 1. The van der Waals surface area contributed by atoms with Crippen LogP contribution in [0, 0.1) is 0 Å². The minimum atomic E-state index is -0.842. The van der Waals surface area contributed by atoms with Crippen molar-refractivity contribution in [2.75, 3.05) is 0 Å². The van der Waals surface area contributed by atoms with Crippen LogP contribution < -0.4 is 10.7 Å². The lowest BCUT2D eigenvalue weighted by atomic mass is 9.82. The Kier molecular flexibility index (Phi) is 3.92. The van der Waals surface area contributed by atoms with Crippen LogP contribution in [0.15, 0.2) is 22.8 Å². The zero-order chi connectivity index (χ0) is 19.3.